The highest BCUT2D eigenvalue weighted by Gasteiger charge is 2.31. The van der Waals surface area contributed by atoms with Gasteiger partial charge in [-0.05, 0) is 73.2 Å². The number of aromatic nitrogens is 1. The third-order valence-electron chi connectivity index (χ3n) is 5.63. The standard InChI is InChI=1S/C27H21BrN4O4S/c1-2-36-21-9-6-17(7-10-21)16-29-32(27-30-22-11-8-19(28)15-23(22)37-27)26(35)18-4-3-5-20(14-18)31-24(33)12-13-25(31)34/h3-11,14-16H,2,12-13H2,1H3/b29-16+. The van der Waals surface area contributed by atoms with E-state index < -0.39 is 5.91 Å². The van der Waals surface area contributed by atoms with Gasteiger partial charge in [0.15, 0.2) is 0 Å². The molecule has 1 saturated heterocycles. The molecule has 186 valence electrons. The molecule has 5 rings (SSSR count). The third kappa shape index (κ3) is 5.30. The van der Waals surface area contributed by atoms with E-state index in [2.05, 4.69) is 26.0 Å². The molecular weight excluding hydrogens is 556 g/mol. The summed E-state index contributed by atoms with van der Waals surface area (Å²) < 4.78 is 7.28. The van der Waals surface area contributed by atoms with Gasteiger partial charge in [0.1, 0.15) is 5.75 Å². The van der Waals surface area contributed by atoms with E-state index in [-0.39, 0.29) is 30.2 Å². The zero-order valence-electron chi connectivity index (χ0n) is 19.8. The second kappa shape index (κ2) is 10.6. The molecule has 37 heavy (non-hydrogen) atoms. The number of benzene rings is 3. The van der Waals surface area contributed by atoms with Crippen LogP contribution in [0.25, 0.3) is 10.2 Å². The van der Waals surface area contributed by atoms with Gasteiger partial charge in [-0.15, -0.1) is 0 Å². The summed E-state index contributed by atoms with van der Waals surface area (Å²) in [6, 6.07) is 19.5. The predicted octanol–water partition coefficient (Wildman–Crippen LogP) is 5.79. The van der Waals surface area contributed by atoms with Crippen LogP contribution < -0.4 is 14.6 Å². The first-order valence-electron chi connectivity index (χ1n) is 11.6. The Labute approximate surface area is 225 Å². The van der Waals surface area contributed by atoms with Gasteiger partial charge in [0.25, 0.3) is 5.91 Å². The number of halogens is 1. The number of carbonyl (C=O) groups excluding carboxylic acids is 3. The van der Waals surface area contributed by atoms with Crippen molar-refractivity contribution in [1.82, 2.24) is 4.98 Å². The molecule has 3 amide bonds. The lowest BCUT2D eigenvalue weighted by Gasteiger charge is -2.17. The van der Waals surface area contributed by atoms with Crippen LogP contribution in [-0.2, 0) is 9.59 Å². The first-order valence-corrected chi connectivity index (χ1v) is 13.2. The Morgan fingerprint density at radius 1 is 1.11 bits per heavy atom. The molecule has 8 nitrogen and oxygen atoms in total. The van der Waals surface area contributed by atoms with Crippen LogP contribution in [0.5, 0.6) is 5.75 Å². The average molecular weight is 577 g/mol. The molecule has 0 atom stereocenters. The van der Waals surface area contributed by atoms with E-state index in [1.54, 1.807) is 24.4 Å². The number of fused-ring (bicyclic) bond motifs is 1. The predicted molar refractivity (Wildman–Crippen MR) is 148 cm³/mol. The van der Waals surface area contributed by atoms with Crippen LogP contribution >= 0.6 is 27.3 Å². The number of thiazole rings is 1. The van der Waals surface area contributed by atoms with Gasteiger partial charge in [-0.25, -0.2) is 4.98 Å². The number of amides is 3. The second-order valence-electron chi connectivity index (χ2n) is 8.15. The SMILES string of the molecule is CCOc1ccc(/C=N/N(C(=O)c2cccc(N3C(=O)CCC3=O)c2)c2nc3ccc(Br)cc3s2)cc1. The van der Waals surface area contributed by atoms with Gasteiger partial charge in [-0.3, -0.25) is 19.3 Å². The molecule has 0 saturated carbocycles. The van der Waals surface area contributed by atoms with Crippen LogP contribution in [0.4, 0.5) is 10.8 Å². The Morgan fingerprint density at radius 2 is 1.86 bits per heavy atom. The maximum absolute atomic E-state index is 13.7. The van der Waals surface area contributed by atoms with E-state index in [4.69, 9.17) is 4.74 Å². The fourth-order valence-corrected chi connectivity index (χ4v) is 5.35. The fraction of sp³-hybridized carbons (Fsp3) is 0.148. The van der Waals surface area contributed by atoms with Crippen molar-refractivity contribution >= 4 is 72.2 Å². The summed E-state index contributed by atoms with van der Waals surface area (Å²) in [5.74, 6) is -0.262. The van der Waals surface area contributed by atoms with Crippen molar-refractivity contribution in [3.05, 3.63) is 82.3 Å². The van der Waals surface area contributed by atoms with Crippen LogP contribution in [-0.4, -0.2) is 35.5 Å². The van der Waals surface area contributed by atoms with E-state index in [1.807, 2.05) is 49.4 Å². The van der Waals surface area contributed by atoms with Gasteiger partial charge in [0.2, 0.25) is 16.9 Å². The normalized spacial score (nSPS) is 13.6. The number of nitrogens with zero attached hydrogens (tertiary/aromatic N) is 4. The Hall–Kier alpha value is -3.89. The summed E-state index contributed by atoms with van der Waals surface area (Å²) in [6.45, 7) is 2.48. The summed E-state index contributed by atoms with van der Waals surface area (Å²) >= 11 is 4.80. The van der Waals surface area contributed by atoms with E-state index in [1.165, 1.54) is 22.4 Å². The highest BCUT2D eigenvalue weighted by Crippen LogP contribution is 2.32. The van der Waals surface area contributed by atoms with Crippen LogP contribution in [0.1, 0.15) is 35.7 Å². The summed E-state index contributed by atoms with van der Waals surface area (Å²) in [7, 11) is 0. The van der Waals surface area contributed by atoms with Gasteiger partial charge in [-0.2, -0.15) is 10.1 Å². The van der Waals surface area contributed by atoms with Crippen molar-refractivity contribution < 1.29 is 19.1 Å². The largest absolute Gasteiger partial charge is 0.494 e. The molecule has 0 bridgehead atoms. The van der Waals surface area contributed by atoms with Crippen LogP contribution in [0.15, 0.2) is 76.3 Å². The van der Waals surface area contributed by atoms with Gasteiger partial charge in [0.05, 0.1) is 28.7 Å². The van der Waals surface area contributed by atoms with E-state index >= 15 is 0 Å². The van der Waals surface area contributed by atoms with Gasteiger partial charge in [-0.1, -0.05) is 33.3 Å². The number of ether oxygens (including phenoxy) is 1. The quantitative estimate of drug-likeness (QED) is 0.158. The Bertz CT molecular complexity index is 1520. The Balaban J connectivity index is 1.52. The highest BCUT2D eigenvalue weighted by molar-refractivity contribution is 9.10. The minimum atomic E-state index is -0.443. The summed E-state index contributed by atoms with van der Waals surface area (Å²) in [5, 5.41) is 6.12. The summed E-state index contributed by atoms with van der Waals surface area (Å²) in [6.07, 6.45) is 1.90. The van der Waals surface area contributed by atoms with Crippen LogP contribution in [0.2, 0.25) is 0 Å². The third-order valence-corrected chi connectivity index (χ3v) is 7.12. The molecule has 0 N–H and O–H groups in total. The first kappa shape index (κ1) is 24.8. The second-order valence-corrected chi connectivity index (χ2v) is 10.1. The molecule has 0 aliphatic carbocycles. The molecule has 4 aromatic rings. The van der Waals surface area contributed by atoms with Crippen molar-refractivity contribution in [2.45, 2.75) is 19.8 Å². The summed E-state index contributed by atoms with van der Waals surface area (Å²) in [5.41, 5.74) is 2.14. The molecule has 1 aliphatic heterocycles. The number of hydrogen-bond donors (Lipinski definition) is 0. The van der Waals surface area contributed by atoms with Gasteiger partial charge < -0.3 is 4.74 Å². The average Bonchev–Trinajstić information content (AvgIpc) is 3.47. The topological polar surface area (TPSA) is 92.2 Å². The minimum absolute atomic E-state index is 0.163. The molecule has 1 aliphatic rings. The van der Waals surface area contributed by atoms with Crippen LogP contribution in [0, 0.1) is 0 Å². The molecule has 0 unspecified atom stereocenters. The van der Waals surface area contributed by atoms with E-state index in [0.29, 0.717) is 17.4 Å². The number of hydrogen-bond acceptors (Lipinski definition) is 7. The van der Waals surface area contributed by atoms with Crippen molar-refractivity contribution in [2.24, 2.45) is 5.10 Å². The van der Waals surface area contributed by atoms with Crippen molar-refractivity contribution in [3.8, 4) is 5.75 Å². The maximum atomic E-state index is 13.7. The zero-order chi connectivity index (χ0) is 25.9. The van der Waals surface area contributed by atoms with Gasteiger partial charge in [0, 0.05) is 22.9 Å². The molecule has 1 aromatic heterocycles. The Kier molecular flexibility index (Phi) is 7.11. The monoisotopic (exact) mass is 576 g/mol. The molecule has 1 fully saturated rings. The molecule has 0 spiro atoms. The number of carbonyl (C=O) groups is 3. The first-order chi connectivity index (χ1) is 17.9. The lowest BCUT2D eigenvalue weighted by atomic mass is 10.1. The number of anilines is 2. The molecule has 0 radical (unpaired) electrons. The van der Waals surface area contributed by atoms with E-state index in [9.17, 15) is 14.4 Å². The van der Waals surface area contributed by atoms with Crippen LogP contribution in [0.3, 0.4) is 0 Å². The number of rotatable bonds is 7. The molecule has 10 heteroatoms. The van der Waals surface area contributed by atoms with Gasteiger partial charge >= 0.3 is 0 Å². The summed E-state index contributed by atoms with van der Waals surface area (Å²) in [4.78, 5) is 44.0. The van der Waals surface area contributed by atoms with Crippen molar-refractivity contribution in [1.29, 1.82) is 0 Å². The minimum Gasteiger partial charge on any atom is -0.494 e. The maximum Gasteiger partial charge on any atom is 0.280 e. The van der Waals surface area contributed by atoms with E-state index in [0.717, 1.165) is 30.9 Å². The molecule has 2 heterocycles. The fourth-order valence-electron chi connectivity index (χ4n) is 3.87. The molecule has 3 aromatic carbocycles. The lowest BCUT2D eigenvalue weighted by molar-refractivity contribution is -0.121. The number of imide groups is 1. The molecular formula is C27H21BrN4O4S. The van der Waals surface area contributed by atoms with Crippen molar-refractivity contribution in [3.63, 3.8) is 0 Å². The Morgan fingerprint density at radius 3 is 2.59 bits per heavy atom. The van der Waals surface area contributed by atoms with Crippen molar-refractivity contribution in [2.75, 3.05) is 16.5 Å². The highest BCUT2D eigenvalue weighted by atomic mass is 79.9. The zero-order valence-corrected chi connectivity index (χ0v) is 22.2. The smallest absolute Gasteiger partial charge is 0.280 e. The lowest BCUT2D eigenvalue weighted by Crippen LogP contribution is -2.29. The number of hydrazone groups is 1.